The lowest BCUT2D eigenvalue weighted by Gasteiger charge is -2.18. The molecule has 3 nitrogen and oxygen atoms in total. The summed E-state index contributed by atoms with van der Waals surface area (Å²) in [6.45, 7) is 10.4. The fourth-order valence-electron chi connectivity index (χ4n) is 2.78. The van der Waals surface area contributed by atoms with Gasteiger partial charge in [0, 0.05) is 0 Å². The second-order valence-corrected chi connectivity index (χ2v) is 6.37. The summed E-state index contributed by atoms with van der Waals surface area (Å²) in [4.78, 5) is 12.2. The summed E-state index contributed by atoms with van der Waals surface area (Å²) in [5.74, 6) is 0.608. The molecule has 1 N–H and O–H groups in total. The van der Waals surface area contributed by atoms with Crippen molar-refractivity contribution in [3.8, 4) is 5.75 Å². The highest BCUT2D eigenvalue weighted by molar-refractivity contribution is 5.78. The van der Waals surface area contributed by atoms with Crippen molar-refractivity contribution in [3.05, 3.63) is 64.2 Å². The number of carbonyl (C=O) groups is 1. The molecule has 0 fully saturated rings. The Morgan fingerprint density at radius 1 is 1.04 bits per heavy atom. The molecule has 0 heterocycles. The van der Waals surface area contributed by atoms with Crippen molar-refractivity contribution in [2.24, 2.45) is 0 Å². The number of nitrogens with one attached hydrogen (secondary N) is 1. The van der Waals surface area contributed by atoms with E-state index in [0.717, 1.165) is 17.7 Å². The van der Waals surface area contributed by atoms with Crippen LogP contribution in [0.4, 0.5) is 0 Å². The molecule has 0 aliphatic carbocycles. The van der Waals surface area contributed by atoms with Crippen molar-refractivity contribution < 1.29 is 9.53 Å². The largest absolute Gasteiger partial charge is 0.484 e. The van der Waals surface area contributed by atoms with Crippen LogP contribution in [0, 0.1) is 20.8 Å². The zero-order chi connectivity index (χ0) is 17.7. The Labute approximate surface area is 145 Å². The van der Waals surface area contributed by atoms with Gasteiger partial charge in [0.05, 0.1) is 6.04 Å². The number of rotatable bonds is 6. The van der Waals surface area contributed by atoms with Crippen molar-refractivity contribution >= 4 is 5.91 Å². The summed E-state index contributed by atoms with van der Waals surface area (Å²) in [5, 5.41) is 3.01. The predicted octanol–water partition coefficient (Wildman–Crippen LogP) is 4.43. The minimum Gasteiger partial charge on any atom is -0.484 e. The number of aryl methyl sites for hydroxylation is 4. The third kappa shape index (κ3) is 4.60. The minimum absolute atomic E-state index is 0.0275. The molecule has 0 radical (unpaired) electrons. The molecule has 3 heteroatoms. The van der Waals surface area contributed by atoms with Gasteiger partial charge in [0.25, 0.3) is 5.91 Å². The Balaban J connectivity index is 1.92. The van der Waals surface area contributed by atoms with Crippen LogP contribution in [-0.4, -0.2) is 12.5 Å². The SMILES string of the molecule is CCc1ccc(OCC(=O)N[C@@H](C)c2cc(C)c(C)cc2C)cc1. The van der Waals surface area contributed by atoms with Crippen molar-refractivity contribution in [2.75, 3.05) is 6.61 Å². The first kappa shape index (κ1) is 18.1. The molecule has 2 rings (SSSR count). The molecule has 24 heavy (non-hydrogen) atoms. The summed E-state index contributed by atoms with van der Waals surface area (Å²) < 4.78 is 5.57. The van der Waals surface area contributed by atoms with E-state index in [1.807, 2.05) is 31.2 Å². The molecule has 0 aromatic heterocycles. The zero-order valence-corrected chi connectivity index (χ0v) is 15.3. The monoisotopic (exact) mass is 325 g/mol. The lowest BCUT2D eigenvalue weighted by molar-refractivity contribution is -0.123. The lowest BCUT2D eigenvalue weighted by Crippen LogP contribution is -2.31. The summed E-state index contributed by atoms with van der Waals surface area (Å²) in [6.07, 6.45) is 0.994. The molecule has 0 spiro atoms. The highest BCUT2D eigenvalue weighted by Gasteiger charge is 2.13. The number of carbonyl (C=O) groups excluding carboxylic acids is 1. The zero-order valence-electron chi connectivity index (χ0n) is 15.3. The van der Waals surface area contributed by atoms with Gasteiger partial charge in [0.2, 0.25) is 0 Å². The molecule has 2 aromatic rings. The topological polar surface area (TPSA) is 38.3 Å². The maximum atomic E-state index is 12.2. The molecule has 0 saturated heterocycles. The molecule has 0 aliphatic rings. The van der Waals surface area contributed by atoms with E-state index < -0.39 is 0 Å². The van der Waals surface area contributed by atoms with Crippen molar-refractivity contribution in [1.82, 2.24) is 5.32 Å². The fraction of sp³-hybridized carbons (Fsp3) is 0.381. The van der Waals surface area contributed by atoms with Crippen LogP contribution in [0.15, 0.2) is 36.4 Å². The molecule has 0 unspecified atom stereocenters. The van der Waals surface area contributed by atoms with Crippen LogP contribution in [0.5, 0.6) is 5.75 Å². The van der Waals surface area contributed by atoms with Crippen LogP contribution in [0.2, 0.25) is 0 Å². The van der Waals surface area contributed by atoms with Gasteiger partial charge >= 0.3 is 0 Å². The van der Waals surface area contributed by atoms with Crippen LogP contribution >= 0.6 is 0 Å². The Bertz CT molecular complexity index is 705. The van der Waals surface area contributed by atoms with Gasteiger partial charge in [0.15, 0.2) is 6.61 Å². The number of hydrogen-bond donors (Lipinski definition) is 1. The number of amides is 1. The smallest absolute Gasteiger partial charge is 0.258 e. The van der Waals surface area contributed by atoms with E-state index in [-0.39, 0.29) is 18.6 Å². The molecule has 0 bridgehead atoms. The van der Waals surface area contributed by atoms with Crippen LogP contribution < -0.4 is 10.1 Å². The van der Waals surface area contributed by atoms with Gasteiger partial charge in [-0.15, -0.1) is 0 Å². The highest BCUT2D eigenvalue weighted by atomic mass is 16.5. The van der Waals surface area contributed by atoms with E-state index in [9.17, 15) is 4.79 Å². The number of benzene rings is 2. The fourth-order valence-corrected chi connectivity index (χ4v) is 2.78. The Hall–Kier alpha value is -2.29. The predicted molar refractivity (Wildman–Crippen MR) is 98.5 cm³/mol. The first-order chi connectivity index (χ1) is 11.4. The second kappa shape index (κ2) is 8.00. The summed E-state index contributed by atoms with van der Waals surface area (Å²) >= 11 is 0. The Kier molecular flexibility index (Phi) is 6.02. The standard InChI is InChI=1S/C21H27NO2/c1-6-18-7-9-19(10-8-18)24-13-21(23)22-17(5)20-12-15(3)14(2)11-16(20)4/h7-12,17H,6,13H2,1-5H3,(H,22,23)/t17-/m0/s1. The molecule has 2 aromatic carbocycles. The first-order valence-corrected chi connectivity index (χ1v) is 8.49. The maximum absolute atomic E-state index is 12.2. The number of hydrogen-bond acceptors (Lipinski definition) is 2. The average molecular weight is 325 g/mol. The Morgan fingerprint density at radius 2 is 1.67 bits per heavy atom. The summed E-state index contributed by atoms with van der Waals surface area (Å²) in [5.41, 5.74) is 6.11. The first-order valence-electron chi connectivity index (χ1n) is 8.49. The average Bonchev–Trinajstić information content (AvgIpc) is 2.56. The molecular formula is C21H27NO2. The van der Waals surface area contributed by atoms with Gasteiger partial charge in [-0.25, -0.2) is 0 Å². The molecular weight excluding hydrogens is 298 g/mol. The van der Waals surface area contributed by atoms with Crippen molar-refractivity contribution in [3.63, 3.8) is 0 Å². The van der Waals surface area contributed by atoms with Crippen LogP contribution in [0.1, 0.15) is 47.7 Å². The van der Waals surface area contributed by atoms with Crippen LogP contribution in [-0.2, 0) is 11.2 Å². The molecule has 1 atom stereocenters. The van der Waals surface area contributed by atoms with Gasteiger partial charge in [-0.1, -0.05) is 31.2 Å². The van der Waals surface area contributed by atoms with E-state index in [1.54, 1.807) is 0 Å². The van der Waals surface area contributed by atoms with E-state index in [4.69, 9.17) is 4.74 Å². The van der Waals surface area contributed by atoms with Crippen molar-refractivity contribution in [2.45, 2.75) is 47.1 Å². The van der Waals surface area contributed by atoms with E-state index in [1.165, 1.54) is 22.3 Å². The lowest BCUT2D eigenvalue weighted by atomic mass is 9.96. The van der Waals surface area contributed by atoms with Gasteiger partial charge < -0.3 is 10.1 Å². The third-order valence-electron chi connectivity index (χ3n) is 4.43. The quantitative estimate of drug-likeness (QED) is 0.853. The third-order valence-corrected chi connectivity index (χ3v) is 4.43. The van der Waals surface area contributed by atoms with E-state index in [0.29, 0.717) is 0 Å². The van der Waals surface area contributed by atoms with Gasteiger partial charge in [-0.2, -0.15) is 0 Å². The molecule has 0 saturated carbocycles. The van der Waals surface area contributed by atoms with E-state index in [2.05, 4.69) is 45.1 Å². The van der Waals surface area contributed by atoms with Crippen molar-refractivity contribution in [1.29, 1.82) is 0 Å². The highest BCUT2D eigenvalue weighted by Crippen LogP contribution is 2.21. The van der Waals surface area contributed by atoms with Crippen LogP contribution in [0.3, 0.4) is 0 Å². The number of ether oxygens (including phenoxy) is 1. The molecule has 0 aliphatic heterocycles. The minimum atomic E-state index is -0.111. The summed E-state index contributed by atoms with van der Waals surface area (Å²) in [7, 11) is 0. The normalized spacial score (nSPS) is 11.9. The molecule has 1 amide bonds. The van der Waals surface area contributed by atoms with Gasteiger partial charge in [-0.3, -0.25) is 4.79 Å². The second-order valence-electron chi connectivity index (χ2n) is 6.37. The van der Waals surface area contributed by atoms with Gasteiger partial charge in [-0.05, 0) is 74.1 Å². The summed E-state index contributed by atoms with van der Waals surface area (Å²) in [6, 6.07) is 12.1. The maximum Gasteiger partial charge on any atom is 0.258 e. The molecule has 128 valence electrons. The van der Waals surface area contributed by atoms with Crippen LogP contribution in [0.25, 0.3) is 0 Å². The Morgan fingerprint density at radius 3 is 2.29 bits per heavy atom. The van der Waals surface area contributed by atoms with Gasteiger partial charge in [0.1, 0.15) is 5.75 Å². The van der Waals surface area contributed by atoms with E-state index >= 15 is 0 Å².